The lowest BCUT2D eigenvalue weighted by atomic mass is 9.83. The number of rotatable bonds is 4. The number of methoxy groups -OCH3 is 2. The van der Waals surface area contributed by atoms with E-state index in [1.165, 1.54) is 24.8 Å². The SMILES string of the molecule is COC(=O)C(C(=O)OC)C1CC=C2CN(S(C)(=O)=O)c3ccc(C)c(c32)C1. The molecule has 0 saturated heterocycles. The van der Waals surface area contributed by atoms with Crippen LogP contribution >= 0.6 is 0 Å². The number of aryl methyl sites for hydroxylation is 1. The van der Waals surface area contributed by atoms with Crippen LogP contribution in [0.25, 0.3) is 5.57 Å². The predicted molar refractivity (Wildman–Crippen MR) is 101 cm³/mol. The molecule has 0 radical (unpaired) electrons. The second kappa shape index (κ2) is 6.99. The van der Waals surface area contributed by atoms with Crippen molar-refractivity contribution in [3.63, 3.8) is 0 Å². The minimum absolute atomic E-state index is 0.262. The van der Waals surface area contributed by atoms with Crippen LogP contribution in [0, 0.1) is 18.8 Å². The van der Waals surface area contributed by atoms with Crippen molar-refractivity contribution in [1.82, 2.24) is 0 Å². The molecule has 2 aliphatic rings. The van der Waals surface area contributed by atoms with Gasteiger partial charge in [0.05, 0.1) is 32.7 Å². The Morgan fingerprint density at radius 1 is 1.19 bits per heavy atom. The fourth-order valence-electron chi connectivity index (χ4n) is 3.98. The van der Waals surface area contributed by atoms with Gasteiger partial charge in [0, 0.05) is 5.56 Å². The fourth-order valence-corrected chi connectivity index (χ4v) is 4.86. The van der Waals surface area contributed by atoms with E-state index in [2.05, 4.69) is 0 Å². The van der Waals surface area contributed by atoms with Gasteiger partial charge in [-0.1, -0.05) is 12.1 Å². The van der Waals surface area contributed by atoms with Gasteiger partial charge >= 0.3 is 11.9 Å². The molecule has 3 rings (SSSR count). The maximum Gasteiger partial charge on any atom is 0.320 e. The van der Waals surface area contributed by atoms with Crippen LogP contribution in [-0.2, 0) is 35.5 Å². The minimum Gasteiger partial charge on any atom is -0.468 e. The number of hydrogen-bond acceptors (Lipinski definition) is 6. The van der Waals surface area contributed by atoms with Crippen molar-refractivity contribution in [2.75, 3.05) is 31.3 Å². The van der Waals surface area contributed by atoms with Crippen LogP contribution in [0.4, 0.5) is 5.69 Å². The highest BCUT2D eigenvalue weighted by atomic mass is 32.2. The Balaban J connectivity index is 2.09. The van der Waals surface area contributed by atoms with E-state index in [1.54, 1.807) is 0 Å². The second-order valence-electron chi connectivity index (χ2n) is 6.98. The zero-order valence-corrected chi connectivity index (χ0v) is 16.6. The van der Waals surface area contributed by atoms with Crippen LogP contribution in [0.5, 0.6) is 0 Å². The third kappa shape index (κ3) is 3.34. The van der Waals surface area contributed by atoms with E-state index in [4.69, 9.17) is 9.47 Å². The zero-order chi connectivity index (χ0) is 19.9. The van der Waals surface area contributed by atoms with Crippen molar-refractivity contribution in [3.8, 4) is 0 Å². The lowest BCUT2D eigenvalue weighted by Gasteiger charge is -2.23. The standard InChI is InChI=1S/C19H23NO6S/c1-11-5-8-15-16-13(10-20(15)27(4,23)24)7-6-12(9-14(11)16)17(18(21)25-2)19(22)26-3/h5,7-8,12,17H,6,9-10H2,1-4H3. The molecule has 1 aromatic carbocycles. The lowest BCUT2D eigenvalue weighted by molar-refractivity contribution is -0.161. The van der Waals surface area contributed by atoms with Gasteiger partial charge in [0.15, 0.2) is 5.92 Å². The van der Waals surface area contributed by atoms with E-state index in [1.807, 2.05) is 25.1 Å². The molecule has 0 fully saturated rings. The summed E-state index contributed by atoms with van der Waals surface area (Å²) >= 11 is 0. The molecule has 0 saturated carbocycles. The molecule has 8 heteroatoms. The molecule has 1 aromatic rings. The molecule has 7 nitrogen and oxygen atoms in total. The summed E-state index contributed by atoms with van der Waals surface area (Å²) in [5, 5.41) is 0. The van der Waals surface area contributed by atoms with Crippen LogP contribution in [-0.4, -0.2) is 47.4 Å². The Labute approximate surface area is 159 Å². The van der Waals surface area contributed by atoms with Gasteiger partial charge in [-0.3, -0.25) is 13.9 Å². The maximum atomic E-state index is 12.2. The van der Waals surface area contributed by atoms with E-state index in [0.29, 0.717) is 18.5 Å². The molecule has 0 aromatic heterocycles. The number of benzene rings is 1. The number of carbonyl (C=O) groups excluding carboxylic acids is 2. The molecule has 0 N–H and O–H groups in total. The van der Waals surface area contributed by atoms with E-state index >= 15 is 0 Å². The first-order chi connectivity index (χ1) is 12.7. The highest BCUT2D eigenvalue weighted by Crippen LogP contribution is 2.44. The molecule has 27 heavy (non-hydrogen) atoms. The van der Waals surface area contributed by atoms with Crippen LogP contribution < -0.4 is 4.31 Å². The summed E-state index contributed by atoms with van der Waals surface area (Å²) in [6, 6.07) is 3.69. The van der Waals surface area contributed by atoms with Crippen LogP contribution in [0.15, 0.2) is 18.2 Å². The molecule has 0 spiro atoms. The second-order valence-corrected chi connectivity index (χ2v) is 8.88. The third-order valence-corrected chi connectivity index (χ3v) is 6.47. The van der Waals surface area contributed by atoms with Crippen LogP contribution in [0.2, 0.25) is 0 Å². The number of allylic oxidation sites excluding steroid dienone is 1. The van der Waals surface area contributed by atoms with Crippen molar-refractivity contribution in [1.29, 1.82) is 0 Å². The van der Waals surface area contributed by atoms with E-state index < -0.39 is 27.9 Å². The fraction of sp³-hybridized carbons (Fsp3) is 0.474. The molecule has 1 unspecified atom stereocenters. The first-order valence-corrected chi connectivity index (χ1v) is 10.5. The number of ether oxygens (including phenoxy) is 2. The first kappa shape index (κ1) is 19.4. The van der Waals surface area contributed by atoms with Gasteiger partial charge in [0.2, 0.25) is 10.0 Å². The molecule has 1 aliphatic heterocycles. The maximum absolute atomic E-state index is 12.2. The molecule has 146 valence electrons. The quantitative estimate of drug-likeness (QED) is 0.571. The van der Waals surface area contributed by atoms with E-state index in [-0.39, 0.29) is 12.5 Å². The first-order valence-electron chi connectivity index (χ1n) is 8.64. The van der Waals surface area contributed by atoms with Gasteiger partial charge in [-0.2, -0.15) is 0 Å². The highest BCUT2D eigenvalue weighted by Gasteiger charge is 2.40. The van der Waals surface area contributed by atoms with Crippen molar-refractivity contribution in [2.24, 2.45) is 11.8 Å². The summed E-state index contributed by atoms with van der Waals surface area (Å²) in [5.41, 5.74) is 4.42. The number of nitrogens with zero attached hydrogens (tertiary/aromatic N) is 1. The molecule has 1 aliphatic carbocycles. The number of carbonyl (C=O) groups is 2. The zero-order valence-electron chi connectivity index (χ0n) is 15.8. The minimum atomic E-state index is -3.39. The largest absolute Gasteiger partial charge is 0.468 e. The average Bonchev–Trinajstić information content (AvgIpc) is 2.89. The van der Waals surface area contributed by atoms with Gasteiger partial charge in [-0.15, -0.1) is 0 Å². The molecule has 0 bridgehead atoms. The van der Waals surface area contributed by atoms with Gasteiger partial charge in [0.1, 0.15) is 0 Å². The Bertz CT molecular complexity index is 918. The van der Waals surface area contributed by atoms with Gasteiger partial charge in [-0.05, 0) is 48.4 Å². The third-order valence-electron chi connectivity index (χ3n) is 5.34. The summed E-state index contributed by atoms with van der Waals surface area (Å²) in [6.45, 7) is 2.21. The van der Waals surface area contributed by atoms with Gasteiger partial charge in [0.25, 0.3) is 0 Å². The predicted octanol–water partition coefficient (Wildman–Crippen LogP) is 1.68. The topological polar surface area (TPSA) is 90.0 Å². The Kier molecular flexibility index (Phi) is 5.03. The normalized spacial score (nSPS) is 18.6. The Morgan fingerprint density at radius 2 is 1.81 bits per heavy atom. The molecular weight excluding hydrogens is 370 g/mol. The summed E-state index contributed by atoms with van der Waals surface area (Å²) < 4.78 is 35.4. The van der Waals surface area contributed by atoms with Crippen molar-refractivity contribution < 1.29 is 27.5 Å². The molecule has 0 amide bonds. The van der Waals surface area contributed by atoms with Crippen LogP contribution in [0.1, 0.15) is 23.1 Å². The summed E-state index contributed by atoms with van der Waals surface area (Å²) in [7, 11) is -0.892. The van der Waals surface area contributed by atoms with Crippen LogP contribution in [0.3, 0.4) is 0 Å². The summed E-state index contributed by atoms with van der Waals surface area (Å²) in [6.07, 6.45) is 4.04. The summed E-state index contributed by atoms with van der Waals surface area (Å²) in [4.78, 5) is 24.5. The molecule has 1 atom stereocenters. The Hall–Kier alpha value is -2.35. The highest BCUT2D eigenvalue weighted by molar-refractivity contribution is 7.92. The van der Waals surface area contributed by atoms with E-state index in [9.17, 15) is 18.0 Å². The van der Waals surface area contributed by atoms with Crippen molar-refractivity contribution >= 4 is 33.2 Å². The number of hydrogen-bond donors (Lipinski definition) is 0. The number of esters is 2. The van der Waals surface area contributed by atoms with Crippen molar-refractivity contribution in [2.45, 2.75) is 19.8 Å². The molecular formula is C19H23NO6S. The van der Waals surface area contributed by atoms with Crippen molar-refractivity contribution in [3.05, 3.63) is 34.9 Å². The lowest BCUT2D eigenvalue weighted by Crippen LogP contribution is -2.34. The summed E-state index contributed by atoms with van der Waals surface area (Å²) in [5.74, 6) is -2.57. The monoisotopic (exact) mass is 393 g/mol. The molecule has 1 heterocycles. The smallest absolute Gasteiger partial charge is 0.320 e. The van der Waals surface area contributed by atoms with Gasteiger partial charge in [-0.25, -0.2) is 8.42 Å². The Morgan fingerprint density at radius 3 is 2.37 bits per heavy atom. The average molecular weight is 393 g/mol. The number of anilines is 1. The van der Waals surface area contributed by atoms with E-state index in [0.717, 1.165) is 22.3 Å². The number of sulfonamides is 1. The van der Waals surface area contributed by atoms with Gasteiger partial charge < -0.3 is 9.47 Å².